The Bertz CT molecular complexity index is 1070. The highest BCUT2D eigenvalue weighted by atomic mass is 35.5. The van der Waals surface area contributed by atoms with Gasteiger partial charge in [-0.05, 0) is 36.8 Å². The average molecular weight is 384 g/mol. The number of nitrogens with one attached hydrogen (secondary N) is 1. The van der Waals surface area contributed by atoms with Crippen molar-refractivity contribution < 1.29 is 9.18 Å². The van der Waals surface area contributed by atoms with Crippen LogP contribution in [0.5, 0.6) is 0 Å². The third-order valence-corrected chi connectivity index (χ3v) is 4.74. The summed E-state index contributed by atoms with van der Waals surface area (Å²) in [5, 5.41) is 3.44. The van der Waals surface area contributed by atoms with Crippen molar-refractivity contribution >= 4 is 23.5 Å². The molecule has 1 amide bonds. The summed E-state index contributed by atoms with van der Waals surface area (Å²) in [5.41, 5.74) is 9.09. The van der Waals surface area contributed by atoms with E-state index in [1.807, 2.05) is 0 Å². The Morgan fingerprint density at radius 2 is 2.07 bits per heavy atom. The number of halogens is 2. The Morgan fingerprint density at radius 3 is 2.85 bits per heavy atom. The number of pyridine rings is 1. The van der Waals surface area contributed by atoms with Crippen LogP contribution in [-0.2, 0) is 6.42 Å². The lowest BCUT2D eigenvalue weighted by Gasteiger charge is -2.27. The van der Waals surface area contributed by atoms with Crippen LogP contribution in [-0.4, -0.2) is 20.9 Å². The molecule has 1 unspecified atom stereocenters. The van der Waals surface area contributed by atoms with Gasteiger partial charge < -0.3 is 11.1 Å². The van der Waals surface area contributed by atoms with Crippen LogP contribution < -0.4 is 11.1 Å². The summed E-state index contributed by atoms with van der Waals surface area (Å²) in [6.07, 6.45) is 1.96. The minimum Gasteiger partial charge on any atom is -0.368 e. The molecule has 3 heterocycles. The molecule has 0 fully saturated rings. The number of rotatable bonds is 2. The van der Waals surface area contributed by atoms with E-state index in [0.717, 1.165) is 5.56 Å². The van der Waals surface area contributed by atoms with Gasteiger partial charge in [-0.2, -0.15) is 0 Å². The highest BCUT2D eigenvalue weighted by molar-refractivity contribution is 6.30. The first-order valence-corrected chi connectivity index (χ1v) is 8.65. The molecule has 0 aliphatic carbocycles. The Labute approximate surface area is 159 Å². The first-order chi connectivity index (χ1) is 12.9. The van der Waals surface area contributed by atoms with Crippen molar-refractivity contribution in [2.75, 3.05) is 5.73 Å². The normalized spacial score (nSPS) is 16.0. The van der Waals surface area contributed by atoms with E-state index in [2.05, 4.69) is 20.3 Å². The van der Waals surface area contributed by atoms with Crippen LogP contribution in [0.4, 0.5) is 10.3 Å². The second-order valence-electron chi connectivity index (χ2n) is 6.31. The molecule has 0 radical (unpaired) electrons. The molecule has 3 N–H and O–H groups in total. The first kappa shape index (κ1) is 17.4. The summed E-state index contributed by atoms with van der Waals surface area (Å²) in [7, 11) is 0. The number of nitrogen functional groups attached to an aromatic ring is 1. The molecular formula is C19H15ClFN5O. The van der Waals surface area contributed by atoms with Crippen LogP contribution in [0.2, 0.25) is 5.02 Å². The highest BCUT2D eigenvalue weighted by Gasteiger charge is 2.30. The second-order valence-corrected chi connectivity index (χ2v) is 6.75. The fourth-order valence-electron chi connectivity index (χ4n) is 3.37. The second kappa shape index (κ2) is 6.59. The fourth-order valence-corrected chi connectivity index (χ4v) is 3.53. The Kier molecular flexibility index (Phi) is 4.24. The van der Waals surface area contributed by atoms with Gasteiger partial charge in [-0.3, -0.25) is 9.78 Å². The van der Waals surface area contributed by atoms with E-state index in [0.29, 0.717) is 39.7 Å². The van der Waals surface area contributed by atoms with Crippen molar-refractivity contribution in [3.05, 3.63) is 69.9 Å². The number of carbonyl (C=O) groups excluding carboxylic acids is 1. The smallest absolute Gasteiger partial charge is 0.255 e. The Hall–Kier alpha value is -3.06. The molecule has 1 aliphatic heterocycles. The van der Waals surface area contributed by atoms with Gasteiger partial charge in [0.05, 0.1) is 28.7 Å². The van der Waals surface area contributed by atoms with Crippen LogP contribution in [0.25, 0.3) is 11.3 Å². The fraction of sp³-hybridized carbons (Fsp3) is 0.158. The molecule has 1 atom stereocenters. The van der Waals surface area contributed by atoms with E-state index >= 15 is 0 Å². The Morgan fingerprint density at radius 1 is 1.26 bits per heavy atom. The largest absolute Gasteiger partial charge is 0.368 e. The van der Waals surface area contributed by atoms with Gasteiger partial charge in [0.15, 0.2) is 0 Å². The van der Waals surface area contributed by atoms with E-state index in [4.69, 9.17) is 17.3 Å². The van der Waals surface area contributed by atoms with Crippen LogP contribution in [0.1, 0.15) is 33.4 Å². The van der Waals surface area contributed by atoms with Crippen LogP contribution >= 0.6 is 11.6 Å². The standard InChI is InChI=1S/C19H15ClFN5O/c1-9-17-16(26-19(22)24-9)8-15(25-18(17)27)12-3-2-11(21)7-13(12)14-6-10(20)4-5-23-14/h2-7,15H,8H2,1H3,(H,25,27)(H2,22,24,26). The van der Waals surface area contributed by atoms with Gasteiger partial charge in [-0.15, -0.1) is 0 Å². The van der Waals surface area contributed by atoms with Crippen LogP contribution in [0.15, 0.2) is 36.5 Å². The van der Waals surface area contributed by atoms with E-state index in [-0.39, 0.29) is 11.9 Å². The number of aromatic nitrogens is 3. The van der Waals surface area contributed by atoms with Gasteiger partial charge in [-0.1, -0.05) is 17.7 Å². The predicted molar refractivity (Wildman–Crippen MR) is 99.7 cm³/mol. The zero-order chi connectivity index (χ0) is 19.1. The van der Waals surface area contributed by atoms with E-state index < -0.39 is 11.9 Å². The van der Waals surface area contributed by atoms with Gasteiger partial charge in [0.1, 0.15) is 5.82 Å². The molecule has 2 aromatic heterocycles. The molecule has 0 bridgehead atoms. The quantitative estimate of drug-likeness (QED) is 0.708. The third kappa shape index (κ3) is 3.21. The molecule has 8 heteroatoms. The topological polar surface area (TPSA) is 93.8 Å². The lowest BCUT2D eigenvalue weighted by molar-refractivity contribution is 0.0922. The summed E-state index contributed by atoms with van der Waals surface area (Å²) < 4.78 is 13.9. The molecule has 6 nitrogen and oxygen atoms in total. The van der Waals surface area contributed by atoms with Crippen molar-refractivity contribution in [1.82, 2.24) is 20.3 Å². The highest BCUT2D eigenvalue weighted by Crippen LogP contribution is 2.33. The number of fused-ring (bicyclic) bond motifs is 1. The minimum absolute atomic E-state index is 0.121. The molecule has 1 aliphatic rings. The minimum atomic E-state index is -0.407. The molecule has 0 saturated heterocycles. The number of carbonyl (C=O) groups is 1. The molecule has 0 saturated carbocycles. The zero-order valence-electron chi connectivity index (χ0n) is 14.3. The SMILES string of the molecule is Cc1nc(N)nc2c1C(=O)NC(c1ccc(F)cc1-c1cc(Cl)ccn1)C2. The molecule has 136 valence electrons. The lowest BCUT2D eigenvalue weighted by Crippen LogP contribution is -2.37. The van der Waals surface area contributed by atoms with E-state index in [1.165, 1.54) is 12.1 Å². The maximum Gasteiger partial charge on any atom is 0.255 e. The molecular weight excluding hydrogens is 369 g/mol. The van der Waals surface area contributed by atoms with Gasteiger partial charge in [0, 0.05) is 23.2 Å². The number of nitrogens with zero attached hydrogens (tertiary/aromatic N) is 3. The van der Waals surface area contributed by atoms with Crippen molar-refractivity contribution in [1.29, 1.82) is 0 Å². The maximum atomic E-state index is 13.9. The summed E-state index contributed by atoms with van der Waals surface area (Å²) in [6, 6.07) is 7.27. The van der Waals surface area contributed by atoms with Gasteiger partial charge in [0.25, 0.3) is 5.91 Å². The van der Waals surface area contributed by atoms with Gasteiger partial charge in [-0.25, -0.2) is 14.4 Å². The third-order valence-electron chi connectivity index (χ3n) is 4.50. The monoisotopic (exact) mass is 383 g/mol. The summed E-state index contributed by atoms with van der Waals surface area (Å²) in [4.78, 5) is 25.2. The van der Waals surface area contributed by atoms with E-state index in [1.54, 1.807) is 31.3 Å². The molecule has 0 spiro atoms. The summed E-state index contributed by atoms with van der Waals surface area (Å²) in [6.45, 7) is 1.72. The van der Waals surface area contributed by atoms with E-state index in [9.17, 15) is 9.18 Å². The van der Waals surface area contributed by atoms with Crippen LogP contribution in [0.3, 0.4) is 0 Å². The maximum absolute atomic E-state index is 13.9. The van der Waals surface area contributed by atoms with Gasteiger partial charge in [0.2, 0.25) is 5.95 Å². The summed E-state index contributed by atoms with van der Waals surface area (Å²) in [5.74, 6) is -0.566. The zero-order valence-corrected chi connectivity index (χ0v) is 15.1. The molecule has 27 heavy (non-hydrogen) atoms. The van der Waals surface area contributed by atoms with Crippen molar-refractivity contribution in [3.8, 4) is 11.3 Å². The number of aryl methyl sites for hydroxylation is 1. The number of amides is 1. The van der Waals surface area contributed by atoms with Crippen molar-refractivity contribution in [3.63, 3.8) is 0 Å². The van der Waals surface area contributed by atoms with Crippen LogP contribution in [0, 0.1) is 12.7 Å². The predicted octanol–water partition coefficient (Wildman–Crippen LogP) is 3.25. The molecule has 1 aromatic carbocycles. The molecule has 4 rings (SSSR count). The number of hydrogen-bond donors (Lipinski definition) is 2. The van der Waals surface area contributed by atoms with Crippen molar-refractivity contribution in [2.24, 2.45) is 0 Å². The number of anilines is 1. The summed E-state index contributed by atoms with van der Waals surface area (Å²) >= 11 is 6.06. The van der Waals surface area contributed by atoms with Crippen molar-refractivity contribution in [2.45, 2.75) is 19.4 Å². The van der Waals surface area contributed by atoms with Gasteiger partial charge >= 0.3 is 0 Å². The number of hydrogen-bond acceptors (Lipinski definition) is 5. The number of benzene rings is 1. The molecule has 3 aromatic rings. The average Bonchev–Trinajstić information content (AvgIpc) is 2.60. The Balaban J connectivity index is 1.82. The number of nitrogens with two attached hydrogens (primary N) is 1. The lowest BCUT2D eigenvalue weighted by atomic mass is 9.90. The first-order valence-electron chi connectivity index (χ1n) is 8.27.